The van der Waals surface area contributed by atoms with Crippen LogP contribution in [0.5, 0.6) is 0 Å². The highest BCUT2D eigenvalue weighted by atomic mass is 19.3. The van der Waals surface area contributed by atoms with Crippen molar-refractivity contribution in [2.24, 2.45) is 0 Å². The second-order valence-corrected chi connectivity index (χ2v) is 3.46. The Morgan fingerprint density at radius 1 is 1.06 bits per heavy atom. The van der Waals surface area contributed by atoms with Gasteiger partial charge in [-0.25, -0.2) is 8.78 Å². The van der Waals surface area contributed by atoms with E-state index in [1.54, 1.807) is 12.3 Å². The minimum Gasteiger partial charge on any atom is -0.262 e. The van der Waals surface area contributed by atoms with Gasteiger partial charge < -0.3 is 0 Å². The number of aromatic nitrogens is 2. The molecule has 2 rings (SSSR count). The number of nitrogens with zero attached hydrogens (tertiary/aromatic N) is 2. The Hall–Kier alpha value is -1.84. The second-order valence-electron chi connectivity index (χ2n) is 3.46. The molecule has 0 amide bonds. The van der Waals surface area contributed by atoms with E-state index in [0.29, 0.717) is 5.69 Å². The van der Waals surface area contributed by atoms with E-state index in [-0.39, 0.29) is 5.56 Å². The summed E-state index contributed by atoms with van der Waals surface area (Å²) in [6.45, 7) is 1.85. The van der Waals surface area contributed by atoms with Crippen LogP contribution in [0.25, 0.3) is 11.3 Å². The Balaban J connectivity index is 2.44. The van der Waals surface area contributed by atoms with Crippen molar-refractivity contribution in [1.82, 2.24) is 9.97 Å². The normalized spacial score (nSPS) is 10.8. The first kappa shape index (κ1) is 10.7. The summed E-state index contributed by atoms with van der Waals surface area (Å²) in [7, 11) is 0. The van der Waals surface area contributed by atoms with E-state index in [1.165, 1.54) is 18.3 Å². The van der Waals surface area contributed by atoms with Crippen LogP contribution in [0.4, 0.5) is 8.78 Å². The Bertz CT molecular complexity index is 498. The Morgan fingerprint density at radius 3 is 2.50 bits per heavy atom. The van der Waals surface area contributed by atoms with E-state index in [4.69, 9.17) is 0 Å². The van der Waals surface area contributed by atoms with Gasteiger partial charge in [0.25, 0.3) is 6.43 Å². The third-order valence-electron chi connectivity index (χ3n) is 2.23. The van der Waals surface area contributed by atoms with E-state index in [0.717, 1.165) is 11.3 Å². The molecule has 0 N–H and O–H groups in total. The minimum absolute atomic E-state index is 0.0144. The lowest BCUT2D eigenvalue weighted by molar-refractivity contribution is 0.151. The van der Waals surface area contributed by atoms with Crippen LogP contribution in [0.15, 0.2) is 36.7 Å². The topological polar surface area (TPSA) is 25.8 Å². The summed E-state index contributed by atoms with van der Waals surface area (Å²) in [6, 6.07) is 6.30. The largest absolute Gasteiger partial charge is 0.263 e. The highest BCUT2D eigenvalue weighted by Gasteiger charge is 2.08. The Kier molecular flexibility index (Phi) is 2.90. The second kappa shape index (κ2) is 4.35. The Morgan fingerprint density at radius 2 is 1.81 bits per heavy atom. The van der Waals surface area contributed by atoms with Gasteiger partial charge in [-0.05, 0) is 31.2 Å². The number of pyridine rings is 2. The standard InChI is InChI=1S/C12H10F2N2/c1-8-6-9(2-4-15-8)11-7-10(12(13)14)3-5-16-11/h2-7,12H,1H3. The molecule has 2 aromatic heterocycles. The third-order valence-corrected chi connectivity index (χ3v) is 2.23. The molecule has 0 atom stereocenters. The first-order valence-corrected chi connectivity index (χ1v) is 4.84. The summed E-state index contributed by atoms with van der Waals surface area (Å²) in [4.78, 5) is 8.12. The van der Waals surface area contributed by atoms with Crippen LogP contribution in [0.1, 0.15) is 17.7 Å². The first-order valence-electron chi connectivity index (χ1n) is 4.84. The summed E-state index contributed by atoms with van der Waals surface area (Å²) < 4.78 is 25.0. The van der Waals surface area contributed by atoms with Gasteiger partial charge in [-0.15, -0.1) is 0 Å². The number of hydrogen-bond donors (Lipinski definition) is 0. The smallest absolute Gasteiger partial charge is 0.262 e. The molecule has 0 saturated carbocycles. The summed E-state index contributed by atoms with van der Waals surface area (Å²) in [6.07, 6.45) is 0.568. The van der Waals surface area contributed by atoms with Gasteiger partial charge in [0.1, 0.15) is 0 Å². The molecule has 2 nitrogen and oxygen atoms in total. The van der Waals surface area contributed by atoms with Crippen molar-refractivity contribution in [3.8, 4) is 11.3 Å². The molecular weight excluding hydrogens is 210 g/mol. The SMILES string of the molecule is Cc1cc(-c2cc(C(F)F)ccn2)ccn1. The molecule has 0 spiro atoms. The maximum absolute atomic E-state index is 12.5. The molecular formula is C12H10F2N2. The van der Waals surface area contributed by atoms with Gasteiger partial charge in [0.15, 0.2) is 0 Å². The van der Waals surface area contributed by atoms with Gasteiger partial charge in [-0.3, -0.25) is 9.97 Å². The van der Waals surface area contributed by atoms with Gasteiger partial charge >= 0.3 is 0 Å². The fraction of sp³-hybridized carbons (Fsp3) is 0.167. The fourth-order valence-corrected chi connectivity index (χ4v) is 1.45. The van der Waals surface area contributed by atoms with Crippen molar-refractivity contribution in [3.63, 3.8) is 0 Å². The van der Waals surface area contributed by atoms with Crippen molar-refractivity contribution in [1.29, 1.82) is 0 Å². The van der Waals surface area contributed by atoms with E-state index >= 15 is 0 Å². The predicted octanol–water partition coefficient (Wildman–Crippen LogP) is 3.39. The van der Waals surface area contributed by atoms with E-state index in [1.807, 2.05) is 13.0 Å². The molecule has 0 aliphatic carbocycles. The van der Waals surface area contributed by atoms with Crippen molar-refractivity contribution < 1.29 is 8.78 Å². The number of aryl methyl sites for hydroxylation is 1. The van der Waals surface area contributed by atoms with Gasteiger partial charge in [-0.1, -0.05) is 0 Å². The summed E-state index contributed by atoms with van der Waals surface area (Å²) in [5, 5.41) is 0. The summed E-state index contributed by atoms with van der Waals surface area (Å²) in [5.74, 6) is 0. The van der Waals surface area contributed by atoms with Crippen LogP contribution in [0.2, 0.25) is 0 Å². The fourth-order valence-electron chi connectivity index (χ4n) is 1.45. The lowest BCUT2D eigenvalue weighted by Crippen LogP contribution is -1.90. The van der Waals surface area contributed by atoms with Crippen LogP contribution in [0, 0.1) is 6.92 Å². The molecule has 0 bridgehead atoms. The third kappa shape index (κ3) is 2.21. The van der Waals surface area contributed by atoms with E-state index in [2.05, 4.69) is 9.97 Å². The van der Waals surface area contributed by atoms with Gasteiger partial charge in [0.2, 0.25) is 0 Å². The highest BCUT2D eigenvalue weighted by Crippen LogP contribution is 2.23. The molecule has 0 aliphatic rings. The van der Waals surface area contributed by atoms with E-state index < -0.39 is 6.43 Å². The summed E-state index contributed by atoms with van der Waals surface area (Å²) >= 11 is 0. The molecule has 4 heteroatoms. The van der Waals surface area contributed by atoms with Crippen LogP contribution in [-0.2, 0) is 0 Å². The van der Waals surface area contributed by atoms with E-state index in [9.17, 15) is 8.78 Å². The zero-order valence-corrected chi connectivity index (χ0v) is 8.69. The lowest BCUT2D eigenvalue weighted by atomic mass is 10.1. The lowest BCUT2D eigenvalue weighted by Gasteiger charge is -2.04. The molecule has 0 saturated heterocycles. The van der Waals surface area contributed by atoms with Gasteiger partial charge in [0.05, 0.1) is 5.69 Å². The quantitative estimate of drug-likeness (QED) is 0.775. The number of rotatable bonds is 2. The minimum atomic E-state index is -2.47. The van der Waals surface area contributed by atoms with Crippen LogP contribution in [0.3, 0.4) is 0 Å². The number of hydrogen-bond acceptors (Lipinski definition) is 2. The summed E-state index contributed by atoms with van der Waals surface area (Å²) in [5.41, 5.74) is 2.17. The van der Waals surface area contributed by atoms with Crippen molar-refractivity contribution in [2.45, 2.75) is 13.3 Å². The molecule has 0 radical (unpaired) electrons. The van der Waals surface area contributed by atoms with Gasteiger partial charge in [0, 0.05) is 29.2 Å². The molecule has 16 heavy (non-hydrogen) atoms. The van der Waals surface area contributed by atoms with Crippen LogP contribution in [-0.4, -0.2) is 9.97 Å². The average Bonchev–Trinajstić information content (AvgIpc) is 2.29. The molecule has 0 unspecified atom stereocenters. The maximum Gasteiger partial charge on any atom is 0.263 e. The number of alkyl halides is 2. The van der Waals surface area contributed by atoms with Crippen molar-refractivity contribution in [2.75, 3.05) is 0 Å². The first-order chi connectivity index (χ1) is 7.66. The molecule has 0 fully saturated rings. The monoisotopic (exact) mass is 220 g/mol. The highest BCUT2D eigenvalue weighted by molar-refractivity contribution is 5.59. The van der Waals surface area contributed by atoms with Crippen LogP contribution < -0.4 is 0 Å². The Labute approximate surface area is 92.0 Å². The van der Waals surface area contributed by atoms with Crippen molar-refractivity contribution >= 4 is 0 Å². The van der Waals surface area contributed by atoms with Gasteiger partial charge in [-0.2, -0.15) is 0 Å². The predicted molar refractivity (Wildman–Crippen MR) is 57.2 cm³/mol. The van der Waals surface area contributed by atoms with Crippen LogP contribution >= 0.6 is 0 Å². The van der Waals surface area contributed by atoms with Crippen molar-refractivity contribution in [3.05, 3.63) is 47.9 Å². The average molecular weight is 220 g/mol. The number of halogens is 2. The maximum atomic E-state index is 12.5. The molecule has 0 aliphatic heterocycles. The molecule has 82 valence electrons. The molecule has 2 aromatic rings. The zero-order valence-electron chi connectivity index (χ0n) is 8.69. The molecule has 2 heterocycles. The molecule has 0 aromatic carbocycles. The zero-order chi connectivity index (χ0) is 11.5.